The van der Waals surface area contributed by atoms with Crippen molar-refractivity contribution in [2.45, 2.75) is 90.3 Å². The van der Waals surface area contributed by atoms with Crippen LogP contribution in [0.1, 0.15) is 57.2 Å². The largest absolute Gasteiger partial charge is 0.448 e. The van der Waals surface area contributed by atoms with Gasteiger partial charge in [0.25, 0.3) is 0 Å². The number of carbonyl (C=O) groups is 4. The second-order valence-electron chi connectivity index (χ2n) is 14.6. The molecule has 0 aromatic heterocycles. The van der Waals surface area contributed by atoms with Gasteiger partial charge in [0.15, 0.2) is 0 Å². The Kier molecular flexibility index (Phi) is 16.8. The first-order chi connectivity index (χ1) is 26.0. The minimum absolute atomic E-state index is 0.0396. The van der Waals surface area contributed by atoms with Gasteiger partial charge >= 0.3 is 12.2 Å². The first-order valence-electron chi connectivity index (χ1n) is 19.0. The molecule has 0 spiro atoms. The van der Waals surface area contributed by atoms with E-state index in [1.807, 2.05) is 105 Å². The zero-order chi connectivity index (χ0) is 38.9. The Hall–Kier alpha value is -4.94. The molecule has 1 fully saturated rings. The summed E-state index contributed by atoms with van der Waals surface area (Å²) in [6, 6.07) is 24.3. The lowest BCUT2D eigenvalue weighted by Crippen LogP contribution is -2.61. The molecule has 1 saturated heterocycles. The van der Waals surface area contributed by atoms with Gasteiger partial charge in [0.1, 0.15) is 25.3 Å². The quantitative estimate of drug-likeness (QED) is 0.119. The van der Waals surface area contributed by atoms with Crippen LogP contribution in [0.5, 0.6) is 0 Å². The minimum Gasteiger partial charge on any atom is -0.448 e. The molecular weight excluding hydrogens is 686 g/mol. The maximum Gasteiger partial charge on any atom is 0.408 e. The summed E-state index contributed by atoms with van der Waals surface area (Å²) in [4.78, 5) is 55.8. The highest BCUT2D eigenvalue weighted by molar-refractivity contribution is 5.87. The van der Waals surface area contributed by atoms with Crippen LogP contribution in [-0.4, -0.2) is 90.5 Å². The molecule has 4 amide bonds. The van der Waals surface area contributed by atoms with Crippen LogP contribution in [0.15, 0.2) is 91.0 Å². The smallest absolute Gasteiger partial charge is 0.408 e. The molecule has 1 aliphatic rings. The molecule has 0 bridgehead atoms. The van der Waals surface area contributed by atoms with Crippen molar-refractivity contribution in [2.75, 3.05) is 26.2 Å². The molecule has 1 aliphatic heterocycles. The Morgan fingerprint density at radius 2 is 1.02 bits per heavy atom. The van der Waals surface area contributed by atoms with E-state index in [1.165, 1.54) is 0 Å². The number of hydrogen-bond donors (Lipinski definition) is 5. The van der Waals surface area contributed by atoms with E-state index in [0.717, 1.165) is 42.6 Å². The van der Waals surface area contributed by atoms with Crippen LogP contribution in [0.3, 0.4) is 0 Å². The van der Waals surface area contributed by atoms with Gasteiger partial charge < -0.3 is 35.8 Å². The van der Waals surface area contributed by atoms with Crippen LogP contribution in [0.4, 0.5) is 9.59 Å². The lowest BCUT2D eigenvalue weighted by Gasteiger charge is -2.34. The molecule has 4 rings (SSSR count). The Labute approximate surface area is 319 Å². The van der Waals surface area contributed by atoms with Gasteiger partial charge in [0.2, 0.25) is 11.8 Å². The van der Waals surface area contributed by atoms with Crippen molar-refractivity contribution in [1.82, 2.24) is 26.2 Å². The number of nitrogens with one attached hydrogen (secondary N) is 4. The molecule has 12 nitrogen and oxygen atoms in total. The first kappa shape index (κ1) is 41.8. The van der Waals surface area contributed by atoms with Crippen molar-refractivity contribution < 1.29 is 33.8 Å². The van der Waals surface area contributed by atoms with E-state index < -0.39 is 54.3 Å². The van der Waals surface area contributed by atoms with E-state index in [9.17, 15) is 24.3 Å². The summed E-state index contributed by atoms with van der Waals surface area (Å²) in [6.07, 6.45) is -0.00280. The average Bonchev–Trinajstić information content (AvgIpc) is 3.69. The number of aliphatic hydroxyl groups excluding tert-OH is 1. The fraction of sp³-hybridized carbons (Fsp3) is 0.476. The monoisotopic (exact) mass is 743 g/mol. The fourth-order valence-corrected chi connectivity index (χ4v) is 6.48. The normalized spacial score (nSPS) is 15.8. The van der Waals surface area contributed by atoms with Crippen molar-refractivity contribution in [1.29, 1.82) is 0 Å². The number of rotatable bonds is 19. The van der Waals surface area contributed by atoms with E-state index in [1.54, 1.807) is 13.8 Å². The summed E-state index contributed by atoms with van der Waals surface area (Å²) >= 11 is 0. The fourth-order valence-electron chi connectivity index (χ4n) is 6.48. The van der Waals surface area contributed by atoms with E-state index in [2.05, 4.69) is 26.2 Å². The number of likely N-dealkylation sites (tertiary alicyclic amines) is 1. The average molecular weight is 744 g/mol. The van der Waals surface area contributed by atoms with E-state index >= 15 is 0 Å². The highest BCUT2D eigenvalue weighted by Crippen LogP contribution is 2.16. The van der Waals surface area contributed by atoms with Crippen LogP contribution in [0.2, 0.25) is 0 Å². The maximum absolute atomic E-state index is 13.9. The van der Waals surface area contributed by atoms with Crippen molar-refractivity contribution in [3.8, 4) is 0 Å². The highest BCUT2D eigenvalue weighted by atomic mass is 16.6. The van der Waals surface area contributed by atoms with Crippen LogP contribution >= 0.6 is 0 Å². The molecule has 54 heavy (non-hydrogen) atoms. The highest BCUT2D eigenvalue weighted by Gasteiger charge is 2.36. The summed E-state index contributed by atoms with van der Waals surface area (Å²) in [6.45, 7) is 10.1. The third-order valence-electron chi connectivity index (χ3n) is 9.57. The Balaban J connectivity index is 1.51. The van der Waals surface area contributed by atoms with Gasteiger partial charge in [-0.2, -0.15) is 0 Å². The Morgan fingerprint density at radius 3 is 1.44 bits per heavy atom. The van der Waals surface area contributed by atoms with Gasteiger partial charge in [-0.15, -0.1) is 0 Å². The van der Waals surface area contributed by atoms with Crippen LogP contribution < -0.4 is 21.3 Å². The Morgan fingerprint density at radius 1 is 0.611 bits per heavy atom. The second kappa shape index (κ2) is 21.7. The van der Waals surface area contributed by atoms with E-state index in [0.29, 0.717) is 6.54 Å². The summed E-state index contributed by atoms with van der Waals surface area (Å²) < 4.78 is 10.8. The SMILES string of the molecule is CC(C)[C@H](NC(=O)OCCN1CCCC1)C(=O)NC(Cc1ccccc1)C(O)C(Cc1ccccc1)NC(=O)[C@@H](NC(=O)OCc1ccccc1)C(C)C. The predicted molar refractivity (Wildman–Crippen MR) is 207 cm³/mol. The lowest BCUT2D eigenvalue weighted by molar-refractivity contribution is -0.126. The molecule has 3 aromatic carbocycles. The van der Waals surface area contributed by atoms with Gasteiger partial charge in [-0.25, -0.2) is 9.59 Å². The molecule has 0 saturated carbocycles. The van der Waals surface area contributed by atoms with Crippen molar-refractivity contribution >= 4 is 24.0 Å². The molecule has 0 aliphatic carbocycles. The number of aliphatic hydroxyl groups is 1. The van der Waals surface area contributed by atoms with Gasteiger partial charge in [-0.05, 0) is 67.3 Å². The van der Waals surface area contributed by atoms with Crippen molar-refractivity contribution in [2.24, 2.45) is 11.8 Å². The van der Waals surface area contributed by atoms with Gasteiger partial charge in [0.05, 0.1) is 18.2 Å². The zero-order valence-corrected chi connectivity index (χ0v) is 31.9. The molecule has 5 atom stereocenters. The third kappa shape index (κ3) is 13.8. The van der Waals surface area contributed by atoms with Gasteiger partial charge in [0, 0.05) is 6.54 Å². The number of ether oxygens (including phenoxy) is 2. The molecular formula is C42H57N5O7. The summed E-state index contributed by atoms with van der Waals surface area (Å²) in [7, 11) is 0. The Bertz CT molecular complexity index is 1590. The molecule has 0 radical (unpaired) electrons. The number of carbonyl (C=O) groups excluding carboxylic acids is 4. The lowest BCUT2D eigenvalue weighted by atomic mass is 9.91. The van der Waals surface area contributed by atoms with Gasteiger partial charge in [-0.3, -0.25) is 14.5 Å². The number of amides is 4. The number of benzene rings is 3. The molecule has 1 heterocycles. The standard InChI is InChI=1S/C42H57N5O7/c1-29(2)36(45-41(51)53-25-24-47-22-14-15-23-47)39(49)43-34(26-31-16-8-5-9-17-31)38(48)35(27-32-18-10-6-11-19-32)44-40(50)37(30(3)4)46-42(52)54-28-33-20-12-7-13-21-33/h5-13,16-21,29-30,34-38,48H,14-15,22-28H2,1-4H3,(H,43,49)(H,44,50)(H,45,51)(H,46,52)/t34?,35?,36-,37-,38?/m0/s1. The third-order valence-corrected chi connectivity index (χ3v) is 9.57. The van der Waals surface area contributed by atoms with Crippen molar-refractivity contribution in [3.05, 3.63) is 108 Å². The summed E-state index contributed by atoms with van der Waals surface area (Å²) in [5, 5.41) is 23.6. The second-order valence-corrected chi connectivity index (χ2v) is 14.6. The molecule has 12 heteroatoms. The molecule has 3 aromatic rings. The summed E-state index contributed by atoms with van der Waals surface area (Å²) in [5.41, 5.74) is 2.51. The van der Waals surface area contributed by atoms with E-state index in [-0.39, 0.29) is 37.9 Å². The van der Waals surface area contributed by atoms with Gasteiger partial charge in [-0.1, -0.05) is 119 Å². The van der Waals surface area contributed by atoms with Crippen molar-refractivity contribution in [3.63, 3.8) is 0 Å². The molecule has 5 N–H and O–H groups in total. The maximum atomic E-state index is 13.9. The predicted octanol–water partition coefficient (Wildman–Crippen LogP) is 4.60. The van der Waals surface area contributed by atoms with Crippen LogP contribution in [-0.2, 0) is 38.5 Å². The van der Waals surface area contributed by atoms with Crippen LogP contribution in [0, 0.1) is 11.8 Å². The minimum atomic E-state index is -1.30. The zero-order valence-electron chi connectivity index (χ0n) is 31.9. The number of hydrogen-bond acceptors (Lipinski definition) is 8. The van der Waals surface area contributed by atoms with E-state index in [4.69, 9.17) is 9.47 Å². The van der Waals surface area contributed by atoms with Crippen LogP contribution in [0.25, 0.3) is 0 Å². The first-order valence-corrected chi connectivity index (χ1v) is 19.0. The number of nitrogens with zero attached hydrogens (tertiary/aromatic N) is 1. The topological polar surface area (TPSA) is 158 Å². The summed E-state index contributed by atoms with van der Waals surface area (Å²) in [5.74, 6) is -1.62. The molecule has 292 valence electrons. The molecule has 3 unspecified atom stereocenters. The number of alkyl carbamates (subject to hydrolysis) is 2.